The fraction of sp³-hybridized carbons (Fsp3) is 0.700. The number of aromatic nitrogens is 2. The lowest BCUT2D eigenvalue weighted by Gasteiger charge is -2.07. The van der Waals surface area contributed by atoms with E-state index in [0.717, 1.165) is 18.8 Å². The van der Waals surface area contributed by atoms with E-state index < -0.39 is 9.84 Å². The van der Waals surface area contributed by atoms with Crippen molar-refractivity contribution < 1.29 is 8.42 Å². The zero-order valence-electron chi connectivity index (χ0n) is 9.81. The number of hydrogen-bond donors (Lipinski definition) is 1. The van der Waals surface area contributed by atoms with Crippen LogP contribution in [0.5, 0.6) is 0 Å². The predicted molar refractivity (Wildman–Crippen MR) is 63.9 cm³/mol. The van der Waals surface area contributed by atoms with Gasteiger partial charge < -0.3 is 9.88 Å². The van der Waals surface area contributed by atoms with Crippen molar-refractivity contribution in [1.29, 1.82) is 0 Å². The van der Waals surface area contributed by atoms with Crippen LogP contribution in [0.15, 0.2) is 12.4 Å². The van der Waals surface area contributed by atoms with E-state index in [1.165, 1.54) is 6.26 Å². The van der Waals surface area contributed by atoms with Crippen LogP contribution in [0.1, 0.15) is 19.2 Å². The maximum Gasteiger partial charge on any atom is 0.148 e. The third-order valence-corrected chi connectivity index (χ3v) is 3.14. The number of imidazole rings is 1. The molecular weight excluding hydrogens is 226 g/mol. The fourth-order valence-electron chi connectivity index (χ4n) is 1.41. The summed E-state index contributed by atoms with van der Waals surface area (Å²) in [6, 6.07) is 0. The van der Waals surface area contributed by atoms with Gasteiger partial charge in [0.05, 0.1) is 12.3 Å². The van der Waals surface area contributed by atoms with Gasteiger partial charge in [-0.3, -0.25) is 0 Å². The molecule has 1 N–H and O–H groups in total. The maximum absolute atomic E-state index is 10.9. The van der Waals surface area contributed by atoms with E-state index in [2.05, 4.69) is 21.8 Å². The van der Waals surface area contributed by atoms with Gasteiger partial charge in [-0.15, -0.1) is 0 Å². The Morgan fingerprint density at radius 2 is 2.25 bits per heavy atom. The first kappa shape index (κ1) is 13.2. The molecule has 16 heavy (non-hydrogen) atoms. The summed E-state index contributed by atoms with van der Waals surface area (Å²) >= 11 is 0. The van der Waals surface area contributed by atoms with Gasteiger partial charge in [-0.05, 0) is 6.42 Å². The monoisotopic (exact) mass is 245 g/mol. The Morgan fingerprint density at radius 1 is 1.50 bits per heavy atom. The Morgan fingerprint density at radius 3 is 2.88 bits per heavy atom. The highest BCUT2D eigenvalue weighted by atomic mass is 32.2. The molecule has 1 rings (SSSR count). The Bertz CT molecular complexity index is 411. The van der Waals surface area contributed by atoms with Crippen LogP contribution in [0.25, 0.3) is 0 Å². The summed E-state index contributed by atoms with van der Waals surface area (Å²) in [7, 11) is -2.88. The molecule has 0 fully saturated rings. The first-order valence-corrected chi connectivity index (χ1v) is 7.47. The number of nitrogens with zero attached hydrogens (tertiary/aromatic N) is 2. The van der Waals surface area contributed by atoms with Gasteiger partial charge in [-0.1, -0.05) is 6.92 Å². The van der Waals surface area contributed by atoms with E-state index in [1.54, 1.807) is 6.20 Å². The molecule has 0 aromatic carbocycles. The number of rotatable bonds is 7. The summed E-state index contributed by atoms with van der Waals surface area (Å²) in [6.45, 7) is 4.14. The lowest BCUT2D eigenvalue weighted by Crippen LogP contribution is -2.23. The SMILES string of the molecule is CCCn1ccnc1CNCCS(C)(=O)=O. The Balaban J connectivity index is 2.34. The first-order chi connectivity index (χ1) is 7.53. The maximum atomic E-state index is 10.9. The number of sulfone groups is 1. The summed E-state index contributed by atoms with van der Waals surface area (Å²) in [5.74, 6) is 1.12. The number of hydrogen-bond acceptors (Lipinski definition) is 4. The molecule has 6 heteroatoms. The largest absolute Gasteiger partial charge is 0.334 e. The van der Waals surface area contributed by atoms with Crippen molar-refractivity contribution >= 4 is 9.84 Å². The average molecular weight is 245 g/mol. The highest BCUT2D eigenvalue weighted by molar-refractivity contribution is 7.90. The number of nitrogens with one attached hydrogen (secondary N) is 1. The van der Waals surface area contributed by atoms with Crippen molar-refractivity contribution in [3.63, 3.8) is 0 Å². The van der Waals surface area contributed by atoms with E-state index in [0.29, 0.717) is 13.1 Å². The predicted octanol–water partition coefficient (Wildman–Crippen LogP) is 0.427. The third-order valence-electron chi connectivity index (χ3n) is 2.20. The highest BCUT2D eigenvalue weighted by Crippen LogP contribution is 1.98. The molecule has 1 aromatic heterocycles. The zero-order chi connectivity index (χ0) is 12.0. The molecule has 0 bridgehead atoms. The summed E-state index contributed by atoms with van der Waals surface area (Å²) in [4.78, 5) is 4.22. The van der Waals surface area contributed by atoms with Crippen LogP contribution >= 0.6 is 0 Å². The minimum atomic E-state index is -2.88. The van der Waals surface area contributed by atoms with Gasteiger partial charge in [0.2, 0.25) is 0 Å². The van der Waals surface area contributed by atoms with Gasteiger partial charge in [0.25, 0.3) is 0 Å². The van der Waals surface area contributed by atoms with Crippen LogP contribution in [0, 0.1) is 0 Å². The number of aryl methyl sites for hydroxylation is 1. The third kappa shape index (κ3) is 4.76. The van der Waals surface area contributed by atoms with Gasteiger partial charge in [-0.2, -0.15) is 0 Å². The fourth-order valence-corrected chi connectivity index (χ4v) is 1.92. The second-order valence-electron chi connectivity index (χ2n) is 3.84. The van der Waals surface area contributed by atoms with Crippen molar-refractivity contribution in [3.8, 4) is 0 Å². The first-order valence-electron chi connectivity index (χ1n) is 5.41. The van der Waals surface area contributed by atoms with E-state index in [4.69, 9.17) is 0 Å². The minimum Gasteiger partial charge on any atom is -0.334 e. The molecule has 92 valence electrons. The van der Waals surface area contributed by atoms with Crippen LogP contribution in [0.3, 0.4) is 0 Å². The van der Waals surface area contributed by atoms with Crippen LogP contribution < -0.4 is 5.32 Å². The standard InChI is InChI=1S/C10H19N3O2S/c1-3-6-13-7-4-12-10(13)9-11-5-8-16(2,14)15/h4,7,11H,3,5-6,8-9H2,1-2H3. The van der Waals surface area contributed by atoms with Gasteiger partial charge >= 0.3 is 0 Å². The molecule has 5 nitrogen and oxygen atoms in total. The van der Waals surface area contributed by atoms with E-state index >= 15 is 0 Å². The normalized spacial score (nSPS) is 11.9. The molecule has 0 amide bonds. The van der Waals surface area contributed by atoms with Crippen molar-refractivity contribution in [3.05, 3.63) is 18.2 Å². The molecule has 1 heterocycles. The average Bonchev–Trinajstić information content (AvgIpc) is 2.60. The molecule has 0 aliphatic carbocycles. The topological polar surface area (TPSA) is 64.0 Å². The Kier molecular flexibility index (Phi) is 4.95. The summed E-state index contributed by atoms with van der Waals surface area (Å²) in [6.07, 6.45) is 6.01. The summed E-state index contributed by atoms with van der Waals surface area (Å²) in [5.41, 5.74) is 0. The molecule has 0 saturated carbocycles. The van der Waals surface area contributed by atoms with Crippen LogP contribution in [-0.4, -0.2) is 36.5 Å². The lowest BCUT2D eigenvalue weighted by atomic mass is 10.4. The van der Waals surface area contributed by atoms with Crippen molar-refractivity contribution in [1.82, 2.24) is 14.9 Å². The molecule has 0 radical (unpaired) electrons. The molecular formula is C10H19N3O2S. The van der Waals surface area contributed by atoms with Gasteiger partial charge in [0.1, 0.15) is 15.7 Å². The lowest BCUT2D eigenvalue weighted by molar-refractivity contribution is 0.583. The molecule has 1 aromatic rings. The quantitative estimate of drug-likeness (QED) is 0.707. The van der Waals surface area contributed by atoms with Crippen LogP contribution in [0.4, 0.5) is 0 Å². The minimum absolute atomic E-state index is 0.168. The van der Waals surface area contributed by atoms with Gasteiger partial charge in [0.15, 0.2) is 0 Å². The molecule has 0 aliphatic rings. The van der Waals surface area contributed by atoms with E-state index in [-0.39, 0.29) is 5.75 Å². The molecule has 0 saturated heterocycles. The second-order valence-corrected chi connectivity index (χ2v) is 6.10. The second kappa shape index (κ2) is 6.00. The van der Waals surface area contributed by atoms with E-state index in [9.17, 15) is 8.42 Å². The Hall–Kier alpha value is -0.880. The van der Waals surface area contributed by atoms with Crippen molar-refractivity contribution in [2.45, 2.75) is 26.4 Å². The Labute approximate surface area is 96.8 Å². The molecule has 0 atom stereocenters. The molecule has 0 unspecified atom stereocenters. The zero-order valence-corrected chi connectivity index (χ0v) is 10.6. The smallest absolute Gasteiger partial charge is 0.148 e. The molecule has 0 aliphatic heterocycles. The van der Waals surface area contributed by atoms with Crippen molar-refractivity contribution in [2.75, 3.05) is 18.6 Å². The van der Waals surface area contributed by atoms with Gasteiger partial charge in [0, 0.05) is 31.7 Å². The van der Waals surface area contributed by atoms with Gasteiger partial charge in [-0.25, -0.2) is 13.4 Å². The summed E-state index contributed by atoms with van der Waals surface area (Å²) < 4.78 is 23.9. The summed E-state index contributed by atoms with van der Waals surface area (Å²) in [5, 5.41) is 3.08. The van der Waals surface area contributed by atoms with E-state index in [1.807, 2.05) is 6.20 Å². The highest BCUT2D eigenvalue weighted by Gasteiger charge is 2.03. The van der Waals surface area contributed by atoms with Crippen molar-refractivity contribution in [2.24, 2.45) is 0 Å². The van der Waals surface area contributed by atoms with Crippen LogP contribution in [0.2, 0.25) is 0 Å². The molecule has 0 spiro atoms. The van der Waals surface area contributed by atoms with Crippen LogP contribution in [-0.2, 0) is 22.9 Å².